The quantitative estimate of drug-likeness (QED) is 0.790. The third-order valence-electron chi connectivity index (χ3n) is 4.38. The lowest BCUT2D eigenvalue weighted by Gasteiger charge is -2.32. The zero-order valence-electron chi connectivity index (χ0n) is 14.1. The normalized spacial score (nSPS) is 19.2. The molecule has 3 aromatic rings. The van der Waals surface area contributed by atoms with Crippen LogP contribution >= 0.6 is 0 Å². The summed E-state index contributed by atoms with van der Waals surface area (Å²) in [6, 6.07) is 6.02. The highest BCUT2D eigenvalue weighted by molar-refractivity contribution is 5.69. The molecule has 126 valence electrons. The highest BCUT2D eigenvalue weighted by Crippen LogP contribution is 2.14. The average Bonchev–Trinajstić information content (AvgIpc) is 3.10. The minimum absolute atomic E-state index is 0.152. The Morgan fingerprint density at radius 2 is 2.29 bits per heavy atom. The van der Waals surface area contributed by atoms with E-state index in [2.05, 4.69) is 37.9 Å². The molecule has 1 atom stereocenters. The van der Waals surface area contributed by atoms with E-state index >= 15 is 0 Å². The number of aromatic amines is 1. The number of morpholine rings is 1. The lowest BCUT2D eigenvalue weighted by Crippen LogP contribution is -2.44. The molecule has 4 rings (SSSR count). The molecule has 0 amide bonds. The van der Waals surface area contributed by atoms with Gasteiger partial charge in [0.1, 0.15) is 5.82 Å². The Hall–Kier alpha value is -2.25. The third kappa shape index (κ3) is 3.18. The SMILES string of the molecule is Cc1cc(C)n(C[C@@H]2CN(Cc3nc4ncccc4[nH]3)CCO2)n1. The molecule has 0 saturated carbocycles. The molecule has 1 aliphatic heterocycles. The van der Waals surface area contributed by atoms with E-state index in [1.54, 1.807) is 6.20 Å². The number of ether oxygens (including phenoxy) is 1. The zero-order valence-corrected chi connectivity index (χ0v) is 14.1. The van der Waals surface area contributed by atoms with Crippen molar-refractivity contribution in [2.24, 2.45) is 0 Å². The van der Waals surface area contributed by atoms with E-state index in [4.69, 9.17) is 4.74 Å². The standard InChI is InChI=1S/C17H22N6O/c1-12-8-13(2)23(21-12)10-14-9-22(6-7-24-14)11-16-19-15-4-3-5-18-17(15)20-16/h3-5,8,14H,6-7,9-11H2,1-2H3,(H,18,19,20)/t14-/m0/s1. The molecule has 1 fully saturated rings. The number of nitrogens with zero attached hydrogens (tertiary/aromatic N) is 5. The van der Waals surface area contributed by atoms with Crippen LogP contribution in [-0.2, 0) is 17.8 Å². The van der Waals surface area contributed by atoms with Gasteiger partial charge in [0.15, 0.2) is 5.65 Å². The summed E-state index contributed by atoms with van der Waals surface area (Å²) in [5, 5.41) is 4.53. The summed E-state index contributed by atoms with van der Waals surface area (Å²) < 4.78 is 7.96. The molecule has 0 bridgehead atoms. The van der Waals surface area contributed by atoms with Crippen molar-refractivity contribution in [3.63, 3.8) is 0 Å². The van der Waals surface area contributed by atoms with E-state index in [1.807, 2.05) is 23.7 Å². The monoisotopic (exact) mass is 326 g/mol. The first-order valence-electron chi connectivity index (χ1n) is 8.32. The van der Waals surface area contributed by atoms with Crippen molar-refractivity contribution in [3.05, 3.63) is 41.6 Å². The van der Waals surface area contributed by atoms with Crippen LogP contribution in [0.15, 0.2) is 24.4 Å². The minimum atomic E-state index is 0.152. The maximum Gasteiger partial charge on any atom is 0.177 e. The van der Waals surface area contributed by atoms with Crippen molar-refractivity contribution in [2.75, 3.05) is 19.7 Å². The van der Waals surface area contributed by atoms with E-state index in [-0.39, 0.29) is 6.10 Å². The number of pyridine rings is 1. The van der Waals surface area contributed by atoms with Crippen LogP contribution in [0.3, 0.4) is 0 Å². The van der Waals surface area contributed by atoms with Crippen LogP contribution in [-0.4, -0.2) is 55.4 Å². The second-order valence-electron chi connectivity index (χ2n) is 6.40. The van der Waals surface area contributed by atoms with Crippen molar-refractivity contribution in [1.29, 1.82) is 0 Å². The second-order valence-corrected chi connectivity index (χ2v) is 6.40. The van der Waals surface area contributed by atoms with Crippen LogP contribution in [0.25, 0.3) is 11.2 Å². The zero-order chi connectivity index (χ0) is 16.5. The van der Waals surface area contributed by atoms with Gasteiger partial charge in [-0.3, -0.25) is 9.58 Å². The largest absolute Gasteiger partial charge is 0.374 e. The molecule has 7 heteroatoms. The summed E-state index contributed by atoms with van der Waals surface area (Å²) >= 11 is 0. The van der Waals surface area contributed by atoms with E-state index in [0.717, 1.165) is 55.5 Å². The number of fused-ring (bicyclic) bond motifs is 1. The highest BCUT2D eigenvalue weighted by atomic mass is 16.5. The predicted molar refractivity (Wildman–Crippen MR) is 90.6 cm³/mol. The molecule has 0 unspecified atom stereocenters. The third-order valence-corrected chi connectivity index (χ3v) is 4.38. The summed E-state index contributed by atoms with van der Waals surface area (Å²) in [5.41, 5.74) is 3.99. The van der Waals surface area contributed by atoms with Gasteiger partial charge < -0.3 is 9.72 Å². The second kappa shape index (κ2) is 6.33. The lowest BCUT2D eigenvalue weighted by atomic mass is 10.2. The van der Waals surface area contributed by atoms with Crippen molar-refractivity contribution in [1.82, 2.24) is 29.6 Å². The number of H-pyrrole nitrogens is 1. The van der Waals surface area contributed by atoms with Gasteiger partial charge in [-0.2, -0.15) is 5.10 Å². The summed E-state index contributed by atoms with van der Waals surface area (Å²) in [7, 11) is 0. The van der Waals surface area contributed by atoms with E-state index < -0.39 is 0 Å². The van der Waals surface area contributed by atoms with Crippen LogP contribution in [0.5, 0.6) is 0 Å². The molecule has 0 aliphatic carbocycles. The maximum atomic E-state index is 5.93. The van der Waals surface area contributed by atoms with Crippen LogP contribution in [0.4, 0.5) is 0 Å². The molecular weight excluding hydrogens is 304 g/mol. The molecule has 0 aromatic carbocycles. The fraction of sp³-hybridized carbons (Fsp3) is 0.471. The Bertz CT molecular complexity index is 806. The maximum absolute atomic E-state index is 5.93. The van der Waals surface area contributed by atoms with Gasteiger partial charge in [0.05, 0.1) is 37.0 Å². The van der Waals surface area contributed by atoms with Gasteiger partial charge in [-0.25, -0.2) is 9.97 Å². The molecule has 3 aromatic heterocycles. The molecule has 1 N–H and O–H groups in total. The summed E-state index contributed by atoms with van der Waals surface area (Å²) in [6.07, 6.45) is 1.92. The van der Waals surface area contributed by atoms with E-state index in [0.29, 0.717) is 0 Å². The van der Waals surface area contributed by atoms with Gasteiger partial charge in [-0.1, -0.05) is 0 Å². The Kier molecular flexibility index (Phi) is 4.03. The summed E-state index contributed by atoms with van der Waals surface area (Å²) in [5.74, 6) is 0.954. The number of hydrogen-bond acceptors (Lipinski definition) is 5. The summed E-state index contributed by atoms with van der Waals surface area (Å²) in [4.78, 5) is 14.6. The number of rotatable bonds is 4. The minimum Gasteiger partial charge on any atom is -0.374 e. The molecular formula is C17H22N6O. The molecule has 1 aliphatic rings. The fourth-order valence-electron chi connectivity index (χ4n) is 3.27. The Morgan fingerprint density at radius 1 is 1.38 bits per heavy atom. The molecule has 1 saturated heterocycles. The smallest absolute Gasteiger partial charge is 0.177 e. The van der Waals surface area contributed by atoms with Crippen LogP contribution in [0.2, 0.25) is 0 Å². The van der Waals surface area contributed by atoms with Gasteiger partial charge in [-0.15, -0.1) is 0 Å². The van der Waals surface area contributed by atoms with Gasteiger partial charge >= 0.3 is 0 Å². The van der Waals surface area contributed by atoms with Crippen molar-refractivity contribution < 1.29 is 4.74 Å². The molecule has 7 nitrogen and oxygen atoms in total. The Balaban J connectivity index is 1.42. The number of aromatic nitrogens is 5. The molecule has 4 heterocycles. The van der Waals surface area contributed by atoms with Crippen LogP contribution < -0.4 is 0 Å². The highest BCUT2D eigenvalue weighted by Gasteiger charge is 2.22. The molecule has 0 radical (unpaired) electrons. The van der Waals surface area contributed by atoms with Crippen molar-refractivity contribution in [2.45, 2.75) is 33.0 Å². The number of hydrogen-bond donors (Lipinski definition) is 1. The number of nitrogens with one attached hydrogen (secondary N) is 1. The lowest BCUT2D eigenvalue weighted by molar-refractivity contribution is -0.0410. The number of imidazole rings is 1. The van der Waals surface area contributed by atoms with Gasteiger partial charge in [-0.05, 0) is 32.0 Å². The average molecular weight is 326 g/mol. The topological polar surface area (TPSA) is 71.9 Å². The van der Waals surface area contributed by atoms with Crippen molar-refractivity contribution in [3.8, 4) is 0 Å². The van der Waals surface area contributed by atoms with Gasteiger partial charge in [0, 0.05) is 25.0 Å². The Labute approximate surface area is 140 Å². The number of aryl methyl sites for hydroxylation is 2. The predicted octanol–water partition coefficient (Wildman–Crippen LogP) is 1.67. The van der Waals surface area contributed by atoms with Gasteiger partial charge in [0.2, 0.25) is 0 Å². The van der Waals surface area contributed by atoms with E-state index in [9.17, 15) is 0 Å². The molecule has 0 spiro atoms. The first-order chi connectivity index (χ1) is 11.7. The fourth-order valence-corrected chi connectivity index (χ4v) is 3.27. The van der Waals surface area contributed by atoms with Crippen LogP contribution in [0, 0.1) is 13.8 Å². The first kappa shape index (κ1) is 15.3. The Morgan fingerprint density at radius 3 is 3.08 bits per heavy atom. The summed E-state index contributed by atoms with van der Waals surface area (Å²) in [6.45, 7) is 8.21. The molecule has 24 heavy (non-hydrogen) atoms. The van der Waals surface area contributed by atoms with Crippen molar-refractivity contribution >= 4 is 11.2 Å². The first-order valence-corrected chi connectivity index (χ1v) is 8.32. The van der Waals surface area contributed by atoms with Gasteiger partial charge in [0.25, 0.3) is 0 Å². The van der Waals surface area contributed by atoms with Crippen LogP contribution in [0.1, 0.15) is 17.2 Å². The van der Waals surface area contributed by atoms with E-state index in [1.165, 1.54) is 5.69 Å².